The van der Waals surface area contributed by atoms with Gasteiger partial charge in [-0.3, -0.25) is 0 Å². The number of fused-ring (bicyclic) bond motifs is 1. The van der Waals surface area contributed by atoms with E-state index in [0.29, 0.717) is 0 Å². The van der Waals surface area contributed by atoms with Crippen LogP contribution in [-0.4, -0.2) is 29.8 Å². The quantitative estimate of drug-likeness (QED) is 0.635. The Morgan fingerprint density at radius 3 is 3.00 bits per heavy atom. The molecule has 0 saturated heterocycles. The lowest BCUT2D eigenvalue weighted by molar-refractivity contribution is 0.994. The Kier molecular flexibility index (Phi) is 5.00. The molecule has 2 nitrogen and oxygen atoms in total. The highest BCUT2D eigenvalue weighted by Crippen LogP contribution is 2.29. The molecule has 5 heteroatoms. The lowest BCUT2D eigenvalue weighted by Gasteiger charge is -2.05. The van der Waals surface area contributed by atoms with Gasteiger partial charge in [-0.2, -0.15) is 11.8 Å². The van der Waals surface area contributed by atoms with Gasteiger partial charge < -0.3 is 5.32 Å². The average molecular weight is 284 g/mol. The van der Waals surface area contributed by atoms with E-state index in [1.54, 1.807) is 23.1 Å². The lowest BCUT2D eigenvalue weighted by Crippen LogP contribution is -2.01. The summed E-state index contributed by atoms with van der Waals surface area (Å²) in [6.07, 6.45) is 5.42. The molecule has 0 aliphatic rings. The maximum Gasteiger partial charge on any atom is 0.150 e. The predicted molar refractivity (Wildman–Crippen MR) is 82.9 cm³/mol. The third-order valence-electron chi connectivity index (χ3n) is 2.40. The first kappa shape index (κ1) is 13.1. The molecular weight excluding hydrogens is 268 g/mol. The largest absolute Gasteiger partial charge is 0.385 e. The van der Waals surface area contributed by atoms with Crippen LogP contribution in [0.3, 0.4) is 0 Å². The molecule has 0 aliphatic carbocycles. The van der Waals surface area contributed by atoms with Crippen LogP contribution >= 0.6 is 34.9 Å². The number of nitrogens with one attached hydrogen (secondary N) is 1. The molecule has 0 atom stereocenters. The van der Waals surface area contributed by atoms with Gasteiger partial charge in [-0.25, -0.2) is 4.98 Å². The number of thioether (sulfide) groups is 2. The second-order valence-corrected chi connectivity index (χ2v) is 6.71. The molecule has 1 aromatic heterocycles. The number of aromatic nitrogens is 1. The summed E-state index contributed by atoms with van der Waals surface area (Å²) >= 11 is 5.37. The zero-order valence-corrected chi connectivity index (χ0v) is 12.5. The SMILES string of the molecule is CSCCCNc1ccc2nc(SC)sc2c1. The predicted octanol–water partition coefficient (Wildman–Crippen LogP) is 4.18. The summed E-state index contributed by atoms with van der Waals surface area (Å²) in [7, 11) is 0. The molecule has 0 saturated carbocycles. The molecule has 0 amide bonds. The number of benzene rings is 1. The fourth-order valence-corrected chi connectivity index (χ4v) is 3.51. The van der Waals surface area contributed by atoms with Gasteiger partial charge in [-0.15, -0.1) is 11.3 Å². The normalized spacial score (nSPS) is 10.9. The molecule has 0 spiro atoms. The number of rotatable bonds is 6. The third kappa shape index (κ3) is 3.53. The minimum absolute atomic E-state index is 1.04. The van der Waals surface area contributed by atoms with Crippen molar-refractivity contribution in [2.24, 2.45) is 0 Å². The Morgan fingerprint density at radius 2 is 2.24 bits per heavy atom. The second-order valence-electron chi connectivity index (χ2n) is 3.64. The number of hydrogen-bond acceptors (Lipinski definition) is 5. The van der Waals surface area contributed by atoms with Crippen molar-refractivity contribution in [2.75, 3.05) is 30.1 Å². The van der Waals surface area contributed by atoms with Crippen LogP contribution in [-0.2, 0) is 0 Å². The average Bonchev–Trinajstić information content (AvgIpc) is 2.77. The van der Waals surface area contributed by atoms with Crippen LogP contribution < -0.4 is 5.32 Å². The molecule has 17 heavy (non-hydrogen) atoms. The van der Waals surface area contributed by atoms with Crippen LogP contribution in [0.4, 0.5) is 5.69 Å². The molecule has 2 aromatic rings. The van der Waals surface area contributed by atoms with E-state index in [0.717, 1.165) is 16.4 Å². The van der Waals surface area contributed by atoms with Gasteiger partial charge >= 0.3 is 0 Å². The van der Waals surface area contributed by atoms with Crippen molar-refractivity contribution >= 4 is 50.8 Å². The third-order valence-corrected chi connectivity index (χ3v) is 5.10. The van der Waals surface area contributed by atoms with E-state index in [1.165, 1.54) is 22.6 Å². The van der Waals surface area contributed by atoms with E-state index in [9.17, 15) is 0 Å². The zero-order chi connectivity index (χ0) is 12.1. The summed E-state index contributed by atoms with van der Waals surface area (Å²) in [4.78, 5) is 4.53. The maximum absolute atomic E-state index is 4.53. The maximum atomic E-state index is 4.53. The topological polar surface area (TPSA) is 24.9 Å². The fraction of sp³-hybridized carbons (Fsp3) is 0.417. The minimum Gasteiger partial charge on any atom is -0.385 e. The van der Waals surface area contributed by atoms with Crippen LogP contribution in [0.1, 0.15) is 6.42 Å². The molecular formula is C12H16N2S3. The van der Waals surface area contributed by atoms with Crippen LogP contribution in [0.25, 0.3) is 10.2 Å². The first-order valence-corrected chi connectivity index (χ1v) is 8.94. The summed E-state index contributed by atoms with van der Waals surface area (Å²) in [6, 6.07) is 6.42. The number of nitrogens with zero attached hydrogens (tertiary/aromatic N) is 1. The molecule has 92 valence electrons. The minimum atomic E-state index is 1.04. The Morgan fingerprint density at radius 1 is 1.35 bits per heavy atom. The van der Waals surface area contributed by atoms with Crippen molar-refractivity contribution < 1.29 is 0 Å². The van der Waals surface area contributed by atoms with Gasteiger partial charge in [0.15, 0.2) is 4.34 Å². The van der Waals surface area contributed by atoms with E-state index >= 15 is 0 Å². The van der Waals surface area contributed by atoms with Crippen molar-refractivity contribution in [3.05, 3.63) is 18.2 Å². The van der Waals surface area contributed by atoms with Gasteiger partial charge in [-0.05, 0) is 42.9 Å². The molecule has 2 rings (SSSR count). The van der Waals surface area contributed by atoms with Gasteiger partial charge in [0.05, 0.1) is 10.2 Å². The van der Waals surface area contributed by atoms with Crippen LogP contribution in [0, 0.1) is 0 Å². The van der Waals surface area contributed by atoms with Crippen molar-refractivity contribution in [1.29, 1.82) is 0 Å². The van der Waals surface area contributed by atoms with Crippen molar-refractivity contribution in [3.63, 3.8) is 0 Å². The number of anilines is 1. The van der Waals surface area contributed by atoms with Crippen molar-refractivity contribution in [1.82, 2.24) is 4.98 Å². The fourth-order valence-electron chi connectivity index (χ4n) is 1.55. The van der Waals surface area contributed by atoms with Gasteiger partial charge in [0, 0.05) is 12.2 Å². The van der Waals surface area contributed by atoms with Gasteiger partial charge in [0.1, 0.15) is 0 Å². The van der Waals surface area contributed by atoms with E-state index in [2.05, 4.69) is 41.0 Å². The molecule has 0 bridgehead atoms. The van der Waals surface area contributed by atoms with Crippen molar-refractivity contribution in [2.45, 2.75) is 10.8 Å². The van der Waals surface area contributed by atoms with Crippen LogP contribution in [0.5, 0.6) is 0 Å². The summed E-state index contributed by atoms with van der Waals surface area (Å²) in [5.74, 6) is 1.21. The lowest BCUT2D eigenvalue weighted by atomic mass is 10.3. The molecule has 0 radical (unpaired) electrons. The van der Waals surface area contributed by atoms with Crippen LogP contribution in [0.15, 0.2) is 22.5 Å². The first-order valence-electron chi connectivity index (χ1n) is 5.51. The van der Waals surface area contributed by atoms with E-state index in [-0.39, 0.29) is 0 Å². The Balaban J connectivity index is 2.03. The highest BCUT2D eigenvalue weighted by atomic mass is 32.2. The van der Waals surface area contributed by atoms with E-state index in [4.69, 9.17) is 0 Å². The monoisotopic (exact) mass is 284 g/mol. The summed E-state index contributed by atoms with van der Waals surface area (Å²) in [6.45, 7) is 1.04. The molecule has 1 N–H and O–H groups in total. The van der Waals surface area contributed by atoms with Crippen LogP contribution in [0.2, 0.25) is 0 Å². The van der Waals surface area contributed by atoms with E-state index < -0.39 is 0 Å². The van der Waals surface area contributed by atoms with Gasteiger partial charge in [0.25, 0.3) is 0 Å². The number of thiazole rings is 1. The molecule has 0 fully saturated rings. The summed E-state index contributed by atoms with van der Waals surface area (Å²) in [5, 5.41) is 3.46. The molecule has 0 unspecified atom stereocenters. The van der Waals surface area contributed by atoms with Gasteiger partial charge in [-0.1, -0.05) is 11.8 Å². The zero-order valence-electron chi connectivity index (χ0n) is 10.0. The molecule has 1 heterocycles. The van der Waals surface area contributed by atoms with E-state index in [1.807, 2.05) is 11.8 Å². The summed E-state index contributed by atoms with van der Waals surface area (Å²) < 4.78 is 2.41. The highest BCUT2D eigenvalue weighted by Gasteiger charge is 2.03. The Labute approximate surface area is 115 Å². The first-order chi connectivity index (χ1) is 8.33. The molecule has 0 aliphatic heterocycles. The Bertz CT molecular complexity index is 482. The number of hydrogen-bond donors (Lipinski definition) is 1. The molecule has 1 aromatic carbocycles. The van der Waals surface area contributed by atoms with Gasteiger partial charge in [0.2, 0.25) is 0 Å². The van der Waals surface area contributed by atoms with Crippen molar-refractivity contribution in [3.8, 4) is 0 Å². The smallest absolute Gasteiger partial charge is 0.150 e. The Hall–Kier alpha value is -0.390. The second kappa shape index (κ2) is 6.52. The summed E-state index contributed by atoms with van der Waals surface area (Å²) in [5.41, 5.74) is 2.31. The standard InChI is InChI=1S/C12H16N2S3/c1-15-7-3-6-13-9-4-5-10-11(8-9)17-12(14-10)16-2/h4-5,8,13H,3,6-7H2,1-2H3. The highest BCUT2D eigenvalue weighted by molar-refractivity contribution is 8.00.